The van der Waals surface area contributed by atoms with Crippen LogP contribution in [0.5, 0.6) is 0 Å². The normalized spacial score (nSPS) is 0. The van der Waals surface area contributed by atoms with E-state index in [0.29, 0.717) is 0 Å². The summed E-state index contributed by atoms with van der Waals surface area (Å²) in [6, 6.07) is 0. The van der Waals surface area contributed by atoms with Crippen LogP contribution in [0, 0.1) is 0 Å². The molecule has 0 spiro atoms. The van der Waals surface area contributed by atoms with E-state index in [2.05, 4.69) is 0 Å². The maximum absolute atomic E-state index is 0. The van der Waals surface area contributed by atoms with Crippen LogP contribution < -0.4 is 0 Å². The van der Waals surface area contributed by atoms with Crippen LogP contribution >= 0.6 is 9.90 Å². The van der Waals surface area contributed by atoms with E-state index in [4.69, 9.17) is 0 Å². The minimum Gasteiger partial charge on any atom is -2.00 e. The van der Waals surface area contributed by atoms with Gasteiger partial charge in [0.05, 0.1) is 0 Å². The molecule has 0 aromatic rings. The van der Waals surface area contributed by atoms with Gasteiger partial charge < -0.3 is 5.48 Å². The van der Waals surface area contributed by atoms with E-state index in [-0.39, 0.29) is 65.4 Å². The van der Waals surface area contributed by atoms with Gasteiger partial charge in [-0.05, 0) is 0 Å². The quantitative estimate of drug-likeness (QED) is 0.344. The Balaban J connectivity index is 0. The van der Waals surface area contributed by atoms with Crippen molar-refractivity contribution in [2.75, 3.05) is 0 Å². The Kier molecular flexibility index (Phi) is 184. The molecule has 0 aliphatic rings. The van der Waals surface area contributed by atoms with Crippen LogP contribution in [-0.4, -0.2) is 17.4 Å². The van der Waals surface area contributed by atoms with Gasteiger partial charge in [-0.2, -0.15) is 9.90 Å². The molecule has 0 saturated heterocycles. The minimum absolute atomic E-state index is 0. The topological polar surface area (TPSA) is 28.5 Å². The molecule has 0 aromatic heterocycles. The van der Waals surface area contributed by atoms with Crippen LogP contribution in [0.15, 0.2) is 0 Å². The molecule has 4 heteroatoms. The fourth-order valence-corrected chi connectivity index (χ4v) is 0. The summed E-state index contributed by atoms with van der Waals surface area (Å²) in [6.45, 7) is 0. The molecule has 1 unspecified atom stereocenters. The fraction of sp³-hybridized carbons (Fsp3) is 0. The van der Waals surface area contributed by atoms with Crippen molar-refractivity contribution >= 4 is 27.3 Å². The third-order valence-electron chi connectivity index (χ3n) is 0. The molecule has 0 aromatic carbocycles. The van der Waals surface area contributed by atoms with Gasteiger partial charge in [0.1, 0.15) is 0 Å². The zero-order valence-electron chi connectivity index (χ0n) is 2.27. The van der Waals surface area contributed by atoms with Crippen LogP contribution in [0.25, 0.3) is 0 Å². The molecule has 0 aliphatic carbocycles. The maximum Gasteiger partial charge on any atom is 3.00 e. The molecule has 16 valence electrons. The van der Waals surface area contributed by atoms with Crippen LogP contribution in [0.1, 0.15) is 0 Å². The van der Waals surface area contributed by atoms with Crippen molar-refractivity contribution < 1.29 is 38.2 Å². The predicted octanol–water partition coefficient (Wildman–Crippen LogP) is -0.444. The third kappa shape index (κ3) is 8.98. The first kappa shape index (κ1) is 37.1. The summed E-state index contributed by atoms with van der Waals surface area (Å²) in [5, 5.41) is 0. The molecule has 0 heterocycles. The Bertz CT molecular complexity index is 8.00. The average molecular weight is 166 g/mol. The van der Waals surface area contributed by atoms with Gasteiger partial charge in [-0.25, -0.2) is 0 Å². The number of hydrogen-bond donors (Lipinski definition) is 0. The van der Waals surface area contributed by atoms with Crippen molar-refractivity contribution in [3.63, 3.8) is 0 Å². The van der Waals surface area contributed by atoms with Gasteiger partial charge in [-0.15, -0.1) is 0 Å². The second kappa shape index (κ2) is 19.8. The number of hydrogen-bond acceptors (Lipinski definition) is 0. The van der Waals surface area contributed by atoms with Crippen molar-refractivity contribution in [1.82, 2.24) is 0 Å². The summed E-state index contributed by atoms with van der Waals surface area (Å²) in [6.07, 6.45) is 0. The molecule has 1 nitrogen and oxygen atoms in total. The first-order valence-electron chi connectivity index (χ1n) is 0. The van der Waals surface area contributed by atoms with E-state index in [0.717, 1.165) is 0 Å². The Morgan fingerprint density at radius 3 is 1.00 bits per heavy atom. The summed E-state index contributed by atoms with van der Waals surface area (Å²) in [5.74, 6) is 0. The van der Waals surface area contributed by atoms with Crippen LogP contribution in [0.3, 0.4) is 0 Å². The molecular weight excluding hydrogens is 163 g/mol. The Labute approximate surface area is 64.9 Å². The molecule has 0 bridgehead atoms. The predicted molar refractivity (Wildman–Crippen MR) is 17.5 cm³/mol. The van der Waals surface area contributed by atoms with Crippen molar-refractivity contribution in [2.45, 2.75) is 0 Å². The van der Waals surface area contributed by atoms with Crippen LogP contribution in [0.2, 0.25) is 0 Å². The molecule has 0 saturated carbocycles. The molecule has 0 amide bonds. The van der Waals surface area contributed by atoms with Gasteiger partial charge in [0.2, 0.25) is 0 Å². The van der Waals surface area contributed by atoms with Crippen molar-refractivity contribution in [3.8, 4) is 0 Å². The van der Waals surface area contributed by atoms with E-state index in [1.54, 1.807) is 0 Å². The summed E-state index contributed by atoms with van der Waals surface area (Å²) in [5.41, 5.74) is 0. The summed E-state index contributed by atoms with van der Waals surface area (Å²) < 4.78 is 0. The van der Waals surface area contributed by atoms with E-state index in [1.807, 2.05) is 0 Å². The largest absolute Gasteiger partial charge is 3.00 e. The van der Waals surface area contributed by atoms with E-state index in [9.17, 15) is 0 Å². The van der Waals surface area contributed by atoms with Crippen molar-refractivity contribution in [1.29, 1.82) is 0 Å². The van der Waals surface area contributed by atoms with Gasteiger partial charge in [0, 0.05) is 0 Å². The molecule has 0 rings (SSSR count). The maximum atomic E-state index is 0. The van der Waals surface area contributed by atoms with Gasteiger partial charge in [-0.3, -0.25) is 0 Å². The van der Waals surface area contributed by atoms with Gasteiger partial charge in [-0.1, -0.05) is 0 Å². The van der Waals surface area contributed by atoms with E-state index >= 15 is 0 Å². The average Bonchev–Trinajstić information content (AvgIpc) is 0. The molecule has 0 aliphatic heterocycles. The van der Waals surface area contributed by atoms with Crippen LogP contribution in [-0.2, 0) is 38.2 Å². The Morgan fingerprint density at radius 1 is 1.00 bits per heavy atom. The van der Waals surface area contributed by atoms with E-state index < -0.39 is 0 Å². The standard InChI is InChI=1S/Al.O.H3P.Y/h;;1H3;/q+3;-2;;+3. The molecule has 0 N–H and O–H groups in total. The molecule has 4 heavy (non-hydrogen) atoms. The minimum atomic E-state index is 0. The number of rotatable bonds is 0. The molecule has 0 radical (unpaired) electrons. The van der Waals surface area contributed by atoms with Gasteiger partial charge in [0.15, 0.2) is 0 Å². The summed E-state index contributed by atoms with van der Waals surface area (Å²) >= 11 is 0. The van der Waals surface area contributed by atoms with Gasteiger partial charge in [0.25, 0.3) is 0 Å². The first-order valence-corrected chi connectivity index (χ1v) is 0. The molecule has 1 atom stereocenters. The zero-order chi connectivity index (χ0) is 0. The third-order valence-corrected chi connectivity index (χ3v) is 0. The second-order valence-electron chi connectivity index (χ2n) is 0. The van der Waals surface area contributed by atoms with Gasteiger partial charge >= 0.3 is 50.1 Å². The van der Waals surface area contributed by atoms with Crippen LogP contribution in [0.4, 0.5) is 0 Å². The molecule has 0 fully saturated rings. The SMILES string of the molecule is P.[Al+3].[O-2].[Y+3]. The summed E-state index contributed by atoms with van der Waals surface area (Å²) in [7, 11) is 0. The fourth-order valence-electron chi connectivity index (χ4n) is 0. The summed E-state index contributed by atoms with van der Waals surface area (Å²) in [4.78, 5) is 0. The van der Waals surface area contributed by atoms with Crippen molar-refractivity contribution in [2.24, 2.45) is 0 Å². The Hall–Kier alpha value is 2.03. The smallest absolute Gasteiger partial charge is 2.00 e. The zero-order valence-corrected chi connectivity index (χ0v) is 7.68. The van der Waals surface area contributed by atoms with E-state index in [1.165, 1.54) is 0 Å². The monoisotopic (exact) mass is 166 g/mol. The first-order chi connectivity index (χ1) is 0. The molecular formula is H3AlOPY+4. The van der Waals surface area contributed by atoms with Crippen molar-refractivity contribution in [3.05, 3.63) is 0 Å². The second-order valence-corrected chi connectivity index (χ2v) is 0. The Morgan fingerprint density at radius 2 is 1.00 bits per heavy atom.